The summed E-state index contributed by atoms with van der Waals surface area (Å²) in [5.74, 6) is 0.418. The average Bonchev–Trinajstić information content (AvgIpc) is 2.37. The summed E-state index contributed by atoms with van der Waals surface area (Å²) in [5, 5.41) is 0.884. The Morgan fingerprint density at radius 3 is 2.83 bits per heavy atom. The molecule has 18 heavy (non-hydrogen) atoms. The predicted octanol–water partition coefficient (Wildman–Crippen LogP) is 2.85. The molecule has 94 valence electrons. The number of carbonyl (C=O) groups is 1. The van der Waals surface area contributed by atoms with Crippen LogP contribution in [-0.4, -0.2) is 35.3 Å². The molecule has 3 nitrogen and oxygen atoms in total. The summed E-state index contributed by atoms with van der Waals surface area (Å²) in [6, 6.07) is 9.50. The van der Waals surface area contributed by atoms with Crippen LogP contribution in [0.15, 0.2) is 30.3 Å². The highest BCUT2D eigenvalue weighted by molar-refractivity contribution is 6.18. The monoisotopic (exact) mass is 262 g/mol. The Morgan fingerprint density at radius 1 is 1.39 bits per heavy atom. The molecule has 1 heterocycles. The summed E-state index contributed by atoms with van der Waals surface area (Å²) < 4.78 is 0. The van der Waals surface area contributed by atoms with Gasteiger partial charge in [0, 0.05) is 30.6 Å². The largest absolute Gasteiger partial charge is 0.340 e. The maximum atomic E-state index is 12.3. The fourth-order valence-electron chi connectivity index (χ4n) is 1.92. The average molecular weight is 263 g/mol. The molecular formula is C14H15ClN2O. The number of para-hydroxylation sites is 1. The van der Waals surface area contributed by atoms with E-state index in [9.17, 15) is 4.79 Å². The van der Waals surface area contributed by atoms with Crippen LogP contribution in [0.4, 0.5) is 0 Å². The lowest BCUT2D eigenvalue weighted by Gasteiger charge is -2.17. The fourth-order valence-corrected chi connectivity index (χ4v) is 2.17. The molecule has 0 saturated heterocycles. The van der Waals surface area contributed by atoms with Gasteiger partial charge >= 0.3 is 0 Å². The molecule has 4 heteroatoms. The van der Waals surface area contributed by atoms with Crippen LogP contribution in [0.5, 0.6) is 0 Å². The van der Waals surface area contributed by atoms with Gasteiger partial charge in [-0.25, -0.2) is 0 Å². The Bertz CT molecular complexity index is 583. The van der Waals surface area contributed by atoms with E-state index in [0.29, 0.717) is 18.0 Å². The third kappa shape index (κ3) is 2.46. The summed E-state index contributed by atoms with van der Waals surface area (Å²) in [4.78, 5) is 18.4. The van der Waals surface area contributed by atoms with E-state index in [0.717, 1.165) is 16.6 Å². The molecule has 0 saturated carbocycles. The number of benzene rings is 1. The van der Waals surface area contributed by atoms with Crippen molar-refractivity contribution >= 4 is 28.4 Å². The SMILES string of the molecule is Cc1cc(C(=O)N(C)CCCl)c2ccccc2n1. The normalized spacial score (nSPS) is 10.6. The Morgan fingerprint density at radius 2 is 2.11 bits per heavy atom. The number of hydrogen-bond acceptors (Lipinski definition) is 2. The Labute approximate surface area is 111 Å². The maximum Gasteiger partial charge on any atom is 0.254 e. The predicted molar refractivity (Wildman–Crippen MR) is 74.2 cm³/mol. The number of pyridine rings is 1. The van der Waals surface area contributed by atoms with Gasteiger partial charge in [0.2, 0.25) is 0 Å². The molecule has 0 radical (unpaired) electrons. The van der Waals surface area contributed by atoms with E-state index in [1.165, 1.54) is 0 Å². The quantitative estimate of drug-likeness (QED) is 0.797. The molecule has 0 bridgehead atoms. The van der Waals surface area contributed by atoms with Crippen LogP contribution in [0.1, 0.15) is 16.1 Å². The highest BCUT2D eigenvalue weighted by Gasteiger charge is 2.15. The number of nitrogens with zero attached hydrogens (tertiary/aromatic N) is 2. The molecule has 0 aliphatic carbocycles. The standard InChI is InChI=1S/C14H15ClN2O/c1-10-9-12(14(18)17(2)8-7-15)11-5-3-4-6-13(11)16-10/h3-6,9H,7-8H2,1-2H3. The molecule has 0 spiro atoms. The van der Waals surface area contributed by atoms with Crippen molar-refractivity contribution in [1.29, 1.82) is 0 Å². The molecule has 2 aromatic rings. The second-order valence-corrected chi connectivity index (χ2v) is 4.62. The molecule has 1 amide bonds. The van der Waals surface area contributed by atoms with Gasteiger partial charge in [0.15, 0.2) is 0 Å². The number of fused-ring (bicyclic) bond motifs is 1. The van der Waals surface area contributed by atoms with Crippen molar-refractivity contribution in [2.24, 2.45) is 0 Å². The first-order valence-corrected chi connectivity index (χ1v) is 6.34. The molecule has 0 unspecified atom stereocenters. The zero-order valence-electron chi connectivity index (χ0n) is 10.5. The molecule has 0 aliphatic heterocycles. The van der Waals surface area contributed by atoms with Crippen molar-refractivity contribution in [2.45, 2.75) is 6.92 Å². The zero-order chi connectivity index (χ0) is 13.1. The van der Waals surface area contributed by atoms with Crippen molar-refractivity contribution in [1.82, 2.24) is 9.88 Å². The number of alkyl halides is 1. The molecule has 0 aliphatic rings. The summed E-state index contributed by atoms with van der Waals surface area (Å²) in [7, 11) is 1.76. The van der Waals surface area contributed by atoms with Gasteiger partial charge in [-0.15, -0.1) is 11.6 Å². The van der Waals surface area contributed by atoms with Crippen LogP contribution in [0.3, 0.4) is 0 Å². The number of aromatic nitrogens is 1. The third-order valence-corrected chi connectivity index (χ3v) is 3.01. The maximum absolute atomic E-state index is 12.3. The van der Waals surface area contributed by atoms with Crippen LogP contribution >= 0.6 is 11.6 Å². The van der Waals surface area contributed by atoms with Crippen LogP contribution in [0, 0.1) is 6.92 Å². The Kier molecular flexibility index (Phi) is 3.82. The minimum Gasteiger partial charge on any atom is -0.340 e. The van der Waals surface area contributed by atoms with Crippen molar-refractivity contribution < 1.29 is 4.79 Å². The van der Waals surface area contributed by atoms with Crippen molar-refractivity contribution in [3.63, 3.8) is 0 Å². The molecular weight excluding hydrogens is 248 g/mol. The molecule has 0 atom stereocenters. The van der Waals surface area contributed by atoms with Gasteiger partial charge in [0.05, 0.1) is 11.1 Å². The van der Waals surface area contributed by atoms with Crippen molar-refractivity contribution in [3.05, 3.63) is 41.6 Å². The first-order valence-electron chi connectivity index (χ1n) is 5.81. The molecule has 2 rings (SSSR count). The summed E-state index contributed by atoms with van der Waals surface area (Å²) in [5.41, 5.74) is 2.38. The van der Waals surface area contributed by atoms with Gasteiger partial charge in [-0.05, 0) is 19.1 Å². The van der Waals surface area contributed by atoms with Gasteiger partial charge in [0.25, 0.3) is 5.91 Å². The second-order valence-electron chi connectivity index (χ2n) is 4.24. The number of hydrogen-bond donors (Lipinski definition) is 0. The topological polar surface area (TPSA) is 33.2 Å². The van der Waals surface area contributed by atoms with Crippen LogP contribution in [-0.2, 0) is 0 Å². The van der Waals surface area contributed by atoms with Crippen LogP contribution < -0.4 is 0 Å². The Hall–Kier alpha value is -1.61. The number of halogens is 1. The van der Waals surface area contributed by atoms with Crippen LogP contribution in [0.25, 0.3) is 10.9 Å². The van der Waals surface area contributed by atoms with E-state index in [1.54, 1.807) is 11.9 Å². The summed E-state index contributed by atoms with van der Waals surface area (Å²) >= 11 is 5.67. The lowest BCUT2D eigenvalue weighted by atomic mass is 10.1. The van der Waals surface area contributed by atoms with Crippen molar-refractivity contribution in [2.75, 3.05) is 19.5 Å². The van der Waals surface area contributed by atoms with Gasteiger partial charge in [0.1, 0.15) is 0 Å². The van der Waals surface area contributed by atoms with E-state index in [2.05, 4.69) is 4.98 Å². The lowest BCUT2D eigenvalue weighted by Crippen LogP contribution is -2.28. The number of rotatable bonds is 3. The zero-order valence-corrected chi connectivity index (χ0v) is 11.2. The summed E-state index contributed by atoms with van der Waals surface area (Å²) in [6.07, 6.45) is 0. The highest BCUT2D eigenvalue weighted by Crippen LogP contribution is 2.19. The highest BCUT2D eigenvalue weighted by atomic mass is 35.5. The van der Waals surface area contributed by atoms with E-state index < -0.39 is 0 Å². The Balaban J connectivity index is 2.53. The lowest BCUT2D eigenvalue weighted by molar-refractivity contribution is 0.0805. The first kappa shape index (κ1) is 12.8. The van der Waals surface area contributed by atoms with Gasteiger partial charge in [-0.3, -0.25) is 9.78 Å². The van der Waals surface area contributed by atoms with E-state index >= 15 is 0 Å². The fraction of sp³-hybridized carbons (Fsp3) is 0.286. The summed E-state index contributed by atoms with van der Waals surface area (Å²) in [6.45, 7) is 2.43. The third-order valence-electron chi connectivity index (χ3n) is 2.84. The number of amides is 1. The van der Waals surface area contributed by atoms with Gasteiger partial charge in [-0.2, -0.15) is 0 Å². The second kappa shape index (κ2) is 5.36. The van der Waals surface area contributed by atoms with E-state index in [-0.39, 0.29) is 5.91 Å². The number of carbonyl (C=O) groups excluding carboxylic acids is 1. The van der Waals surface area contributed by atoms with E-state index in [1.807, 2.05) is 37.3 Å². The van der Waals surface area contributed by atoms with Gasteiger partial charge < -0.3 is 4.90 Å². The van der Waals surface area contributed by atoms with Gasteiger partial charge in [-0.1, -0.05) is 18.2 Å². The minimum atomic E-state index is -0.0163. The molecule has 0 fully saturated rings. The molecule has 0 N–H and O–H groups in total. The molecule has 1 aromatic carbocycles. The first-order chi connectivity index (χ1) is 8.63. The van der Waals surface area contributed by atoms with E-state index in [4.69, 9.17) is 11.6 Å². The minimum absolute atomic E-state index is 0.0163. The van der Waals surface area contributed by atoms with Crippen LogP contribution in [0.2, 0.25) is 0 Å². The van der Waals surface area contributed by atoms with Crippen molar-refractivity contribution in [3.8, 4) is 0 Å². The number of aryl methyl sites for hydroxylation is 1. The smallest absolute Gasteiger partial charge is 0.254 e. The molecule has 1 aromatic heterocycles.